The number of amides is 3. The van der Waals surface area contributed by atoms with E-state index in [0.717, 1.165) is 28.0 Å². The number of nitro groups is 1. The monoisotopic (exact) mass is 645 g/mol. The van der Waals surface area contributed by atoms with Crippen molar-refractivity contribution in [1.29, 1.82) is 0 Å². The molecule has 0 aliphatic carbocycles. The Labute approximate surface area is 263 Å². The number of benzene rings is 2. The van der Waals surface area contributed by atoms with Gasteiger partial charge in [0.2, 0.25) is 17.7 Å². The number of esters is 1. The van der Waals surface area contributed by atoms with Gasteiger partial charge in [0.15, 0.2) is 0 Å². The van der Waals surface area contributed by atoms with E-state index in [2.05, 4.69) is 10.3 Å². The molecule has 3 amide bonds. The van der Waals surface area contributed by atoms with Gasteiger partial charge in [-0.05, 0) is 55.0 Å². The van der Waals surface area contributed by atoms with Crippen LogP contribution in [0.1, 0.15) is 33.6 Å². The third-order valence-electron chi connectivity index (χ3n) is 7.39. The minimum atomic E-state index is -0.927. The summed E-state index contributed by atoms with van der Waals surface area (Å²) in [7, 11) is 0. The Kier molecular flexibility index (Phi) is 8.03. The number of carbonyl (C=O) groups excluding carboxylic acids is 4. The number of pyridine rings is 1. The van der Waals surface area contributed by atoms with Crippen LogP contribution < -0.4 is 15.1 Å². The number of hydrogen-bond donors (Lipinski definition) is 1. The van der Waals surface area contributed by atoms with E-state index >= 15 is 0 Å². The molecule has 4 heterocycles. The quantitative estimate of drug-likeness (QED) is 0.129. The van der Waals surface area contributed by atoms with Gasteiger partial charge in [-0.15, -0.1) is 0 Å². The zero-order valence-corrected chi connectivity index (χ0v) is 25.1. The van der Waals surface area contributed by atoms with Crippen molar-refractivity contribution < 1.29 is 28.8 Å². The lowest BCUT2D eigenvalue weighted by Crippen LogP contribution is -2.33. The summed E-state index contributed by atoms with van der Waals surface area (Å²) < 4.78 is 6.26. The molecule has 228 valence electrons. The molecule has 0 radical (unpaired) electrons. The lowest BCUT2D eigenvalue weighted by Gasteiger charge is -2.30. The molecule has 45 heavy (non-hydrogen) atoms. The Morgan fingerprint density at radius 3 is 2.42 bits per heavy atom. The second-order valence-corrected chi connectivity index (χ2v) is 12.2. The number of thioether (sulfide) groups is 1. The lowest BCUT2D eigenvalue weighted by atomic mass is 9.84. The highest BCUT2D eigenvalue weighted by molar-refractivity contribution is 8.00. The number of nitro benzene ring substituents is 1. The van der Waals surface area contributed by atoms with E-state index in [1.54, 1.807) is 43.6 Å². The van der Waals surface area contributed by atoms with E-state index in [1.807, 2.05) is 0 Å². The predicted molar refractivity (Wildman–Crippen MR) is 164 cm³/mol. The van der Waals surface area contributed by atoms with Gasteiger partial charge < -0.3 is 10.1 Å². The zero-order chi connectivity index (χ0) is 31.8. The van der Waals surface area contributed by atoms with Crippen LogP contribution in [0.25, 0.3) is 0 Å². The van der Waals surface area contributed by atoms with E-state index in [9.17, 15) is 34.1 Å². The van der Waals surface area contributed by atoms with Gasteiger partial charge >= 0.3 is 10.8 Å². The molecule has 1 saturated heterocycles. The van der Waals surface area contributed by atoms with E-state index in [1.165, 1.54) is 41.0 Å². The highest BCUT2D eigenvalue weighted by Gasteiger charge is 2.57. The third kappa shape index (κ3) is 5.51. The smallest absolute Gasteiger partial charge is 0.338 e. The maximum atomic E-state index is 13.9. The number of ether oxygens (including phenoxy) is 1. The van der Waals surface area contributed by atoms with Crippen molar-refractivity contribution in [3.8, 4) is 0 Å². The minimum absolute atomic E-state index is 0.183. The SMILES string of the molecule is CCOC(=O)c1ccc(NC(=O)Cn2c3c(sc2=O)C(c2cccnc2)C2C(=O)N(c4ccc([N+](=O)[O-])cc4)C(=O)C2S3)cc1. The second kappa shape index (κ2) is 12.1. The first kappa shape index (κ1) is 29.9. The Bertz CT molecular complexity index is 1890. The second-order valence-electron chi connectivity index (χ2n) is 10.1. The summed E-state index contributed by atoms with van der Waals surface area (Å²) in [5.41, 5.74) is 1.37. The summed E-state index contributed by atoms with van der Waals surface area (Å²) in [4.78, 5) is 81.9. The highest BCUT2D eigenvalue weighted by Crippen LogP contribution is 2.53. The Morgan fingerprint density at radius 1 is 1.04 bits per heavy atom. The average Bonchev–Trinajstić information content (AvgIpc) is 3.48. The number of thiazole rings is 1. The number of nitrogens with one attached hydrogen (secondary N) is 1. The van der Waals surface area contributed by atoms with Gasteiger partial charge in [-0.3, -0.25) is 38.8 Å². The largest absolute Gasteiger partial charge is 0.462 e. The van der Waals surface area contributed by atoms with Gasteiger partial charge in [0, 0.05) is 41.0 Å². The first-order chi connectivity index (χ1) is 21.7. The minimum Gasteiger partial charge on any atom is -0.462 e. The predicted octanol–water partition coefficient (Wildman–Crippen LogP) is 3.82. The molecule has 2 aliphatic heterocycles. The standard InChI is InChI=1S/C30H23N5O8S2/c1-2-43-29(39)16-5-7-18(8-6-16)32-21(36)15-33-28-25(45-30(33)40)22(17-4-3-13-31-14-17)23-24(44-28)27(38)34(26(23)37)19-9-11-20(12-10-19)35(41)42/h3-14,22-24H,2,15H2,1H3,(H,32,36). The van der Waals surface area contributed by atoms with Crippen LogP contribution in [0.5, 0.6) is 0 Å². The van der Waals surface area contributed by atoms with Crippen molar-refractivity contribution in [2.75, 3.05) is 16.8 Å². The highest BCUT2D eigenvalue weighted by atomic mass is 32.2. The van der Waals surface area contributed by atoms with Gasteiger partial charge in [-0.2, -0.15) is 0 Å². The summed E-state index contributed by atoms with van der Waals surface area (Å²) in [5.74, 6) is -3.60. The molecular weight excluding hydrogens is 622 g/mol. The summed E-state index contributed by atoms with van der Waals surface area (Å²) in [6, 6.07) is 14.7. The average molecular weight is 646 g/mol. The molecule has 0 spiro atoms. The molecule has 2 aromatic carbocycles. The van der Waals surface area contributed by atoms with Gasteiger partial charge in [0.05, 0.1) is 33.7 Å². The van der Waals surface area contributed by atoms with Gasteiger partial charge in [0.1, 0.15) is 11.8 Å². The van der Waals surface area contributed by atoms with Crippen LogP contribution in [0, 0.1) is 16.0 Å². The van der Waals surface area contributed by atoms with Crippen LogP contribution >= 0.6 is 23.1 Å². The number of imide groups is 1. The first-order valence-electron chi connectivity index (χ1n) is 13.7. The topological polar surface area (TPSA) is 171 Å². The van der Waals surface area contributed by atoms with Gasteiger partial charge in [-0.1, -0.05) is 29.2 Å². The number of carbonyl (C=O) groups is 4. The van der Waals surface area contributed by atoms with Crippen molar-refractivity contribution in [2.45, 2.75) is 29.7 Å². The number of non-ortho nitro benzene ring substituents is 1. The van der Waals surface area contributed by atoms with E-state index < -0.39 is 50.6 Å². The molecule has 1 fully saturated rings. The molecule has 0 saturated carbocycles. The Hall–Kier alpha value is -5.15. The summed E-state index contributed by atoms with van der Waals surface area (Å²) >= 11 is 1.95. The van der Waals surface area contributed by atoms with Crippen LogP contribution in [0.4, 0.5) is 17.1 Å². The fourth-order valence-corrected chi connectivity index (χ4v) is 8.17. The lowest BCUT2D eigenvalue weighted by molar-refractivity contribution is -0.384. The first-order valence-corrected chi connectivity index (χ1v) is 15.4. The van der Waals surface area contributed by atoms with E-state index in [-0.39, 0.29) is 24.5 Å². The maximum Gasteiger partial charge on any atom is 0.338 e. The van der Waals surface area contributed by atoms with Crippen molar-refractivity contribution in [3.05, 3.63) is 109 Å². The molecule has 3 atom stereocenters. The van der Waals surface area contributed by atoms with Crippen molar-refractivity contribution in [3.63, 3.8) is 0 Å². The molecule has 1 N–H and O–H groups in total. The van der Waals surface area contributed by atoms with E-state index in [0.29, 0.717) is 26.7 Å². The number of anilines is 2. The molecule has 6 rings (SSSR count). The van der Waals surface area contributed by atoms with Crippen LogP contribution in [-0.2, 0) is 25.7 Å². The van der Waals surface area contributed by atoms with Crippen LogP contribution in [-0.4, -0.2) is 50.0 Å². The fourth-order valence-electron chi connectivity index (χ4n) is 5.40. The van der Waals surface area contributed by atoms with Crippen LogP contribution in [0.2, 0.25) is 0 Å². The molecule has 4 aromatic rings. The molecule has 15 heteroatoms. The Morgan fingerprint density at radius 2 is 1.78 bits per heavy atom. The number of aromatic nitrogens is 2. The third-order valence-corrected chi connectivity index (χ3v) is 10.00. The number of fused-ring (bicyclic) bond motifs is 2. The van der Waals surface area contributed by atoms with Crippen molar-refractivity contribution in [2.24, 2.45) is 5.92 Å². The number of nitrogens with zero attached hydrogens (tertiary/aromatic N) is 4. The van der Waals surface area contributed by atoms with Crippen molar-refractivity contribution >= 4 is 63.9 Å². The fraction of sp³-hybridized carbons (Fsp3) is 0.200. The summed E-state index contributed by atoms with van der Waals surface area (Å²) in [5, 5.41) is 13.3. The molecule has 13 nitrogen and oxygen atoms in total. The van der Waals surface area contributed by atoms with Crippen LogP contribution in [0.15, 0.2) is 82.9 Å². The van der Waals surface area contributed by atoms with Gasteiger partial charge in [-0.25, -0.2) is 9.69 Å². The zero-order valence-electron chi connectivity index (χ0n) is 23.4. The number of hydrogen-bond acceptors (Lipinski definition) is 11. The summed E-state index contributed by atoms with van der Waals surface area (Å²) in [6.07, 6.45) is 3.15. The molecular formula is C30H23N5O8S2. The van der Waals surface area contributed by atoms with E-state index in [4.69, 9.17) is 4.74 Å². The molecule has 2 aromatic heterocycles. The van der Waals surface area contributed by atoms with Crippen LogP contribution in [0.3, 0.4) is 0 Å². The normalized spacial score (nSPS) is 18.7. The van der Waals surface area contributed by atoms with Crippen molar-refractivity contribution in [1.82, 2.24) is 9.55 Å². The van der Waals surface area contributed by atoms with Gasteiger partial charge in [0.25, 0.3) is 5.69 Å². The number of rotatable bonds is 8. The molecule has 2 aliphatic rings. The Balaban J connectivity index is 1.31. The molecule has 0 bridgehead atoms. The molecule has 3 unspecified atom stereocenters. The summed E-state index contributed by atoms with van der Waals surface area (Å²) in [6.45, 7) is 1.57. The maximum absolute atomic E-state index is 13.9.